The second kappa shape index (κ2) is 2.18. The number of hydrogen-bond acceptors (Lipinski definition) is 2. The molecule has 1 saturated heterocycles. The summed E-state index contributed by atoms with van der Waals surface area (Å²) in [4.78, 5) is 13.1. The summed E-state index contributed by atoms with van der Waals surface area (Å²) in [6, 6.07) is 0.616. The summed E-state index contributed by atoms with van der Waals surface area (Å²) < 4.78 is 0. The molecule has 0 aromatic heterocycles. The Morgan fingerprint density at radius 1 is 1.73 bits per heavy atom. The third-order valence-corrected chi connectivity index (χ3v) is 3.10. The van der Waals surface area contributed by atoms with Gasteiger partial charge in [0.25, 0.3) is 0 Å². The zero-order valence-electron chi connectivity index (χ0n) is 6.79. The first kappa shape index (κ1) is 7.04. The standard InChI is InChI=1S/C9H13NO/c1-10-8-3-2-5-9(10,7-11)6-4-8/h2,5,7-8H,3-4,6H2,1H3/t8-,9+/m1/s1. The highest BCUT2D eigenvalue weighted by atomic mass is 16.1. The van der Waals surface area contributed by atoms with Crippen molar-refractivity contribution >= 4 is 6.29 Å². The van der Waals surface area contributed by atoms with Crippen molar-refractivity contribution in [2.45, 2.75) is 30.8 Å². The summed E-state index contributed by atoms with van der Waals surface area (Å²) in [7, 11) is 2.05. The molecule has 0 aromatic carbocycles. The largest absolute Gasteiger partial charge is 0.301 e. The lowest BCUT2D eigenvalue weighted by atomic mass is 9.97. The number of nitrogens with zero attached hydrogens (tertiary/aromatic N) is 1. The maximum atomic E-state index is 10.9. The van der Waals surface area contributed by atoms with Gasteiger partial charge in [-0.25, -0.2) is 0 Å². The van der Waals surface area contributed by atoms with Gasteiger partial charge < -0.3 is 4.79 Å². The van der Waals surface area contributed by atoms with Gasteiger partial charge >= 0.3 is 0 Å². The van der Waals surface area contributed by atoms with E-state index in [2.05, 4.69) is 24.1 Å². The van der Waals surface area contributed by atoms with E-state index < -0.39 is 0 Å². The van der Waals surface area contributed by atoms with Gasteiger partial charge in [-0.1, -0.05) is 12.2 Å². The molecule has 0 aliphatic carbocycles. The van der Waals surface area contributed by atoms with Crippen LogP contribution < -0.4 is 0 Å². The summed E-state index contributed by atoms with van der Waals surface area (Å²) in [6.45, 7) is 0. The number of likely N-dealkylation sites (N-methyl/N-ethyl adjacent to an activating group) is 1. The topological polar surface area (TPSA) is 20.3 Å². The molecule has 0 N–H and O–H groups in total. The fraction of sp³-hybridized carbons (Fsp3) is 0.667. The van der Waals surface area contributed by atoms with E-state index in [1.807, 2.05) is 0 Å². The van der Waals surface area contributed by atoms with Crippen molar-refractivity contribution < 1.29 is 4.79 Å². The lowest BCUT2D eigenvalue weighted by Crippen LogP contribution is -2.46. The Morgan fingerprint density at radius 2 is 2.55 bits per heavy atom. The first-order valence-electron chi connectivity index (χ1n) is 4.15. The van der Waals surface area contributed by atoms with Crippen molar-refractivity contribution in [2.75, 3.05) is 7.05 Å². The van der Waals surface area contributed by atoms with Gasteiger partial charge in [0.1, 0.15) is 6.29 Å². The average molecular weight is 151 g/mol. The van der Waals surface area contributed by atoms with Crippen LogP contribution in [0.2, 0.25) is 0 Å². The predicted octanol–water partition coefficient (Wildman–Crippen LogP) is 0.978. The van der Waals surface area contributed by atoms with Crippen LogP contribution in [0.25, 0.3) is 0 Å². The molecule has 2 aliphatic rings. The highest BCUT2D eigenvalue weighted by Crippen LogP contribution is 2.37. The van der Waals surface area contributed by atoms with Crippen LogP contribution in [0, 0.1) is 0 Å². The van der Waals surface area contributed by atoms with E-state index in [9.17, 15) is 4.79 Å². The van der Waals surface area contributed by atoms with Gasteiger partial charge in [-0.05, 0) is 26.3 Å². The van der Waals surface area contributed by atoms with Crippen LogP contribution in [0.4, 0.5) is 0 Å². The predicted molar refractivity (Wildman–Crippen MR) is 43.3 cm³/mol. The third kappa shape index (κ3) is 0.791. The van der Waals surface area contributed by atoms with E-state index in [1.54, 1.807) is 0 Å². The summed E-state index contributed by atoms with van der Waals surface area (Å²) in [5.41, 5.74) is -0.233. The minimum absolute atomic E-state index is 0.233. The van der Waals surface area contributed by atoms with Crippen molar-refractivity contribution in [3.63, 3.8) is 0 Å². The van der Waals surface area contributed by atoms with Gasteiger partial charge in [0.05, 0.1) is 5.54 Å². The molecule has 60 valence electrons. The SMILES string of the molecule is CN1[C@@H]2CC=C[C@@]1(C=O)CC2. The molecule has 1 fully saturated rings. The highest BCUT2D eigenvalue weighted by molar-refractivity contribution is 5.69. The normalized spacial score (nSPS) is 42.8. The Kier molecular flexibility index (Phi) is 1.39. The molecule has 2 heteroatoms. The summed E-state index contributed by atoms with van der Waals surface area (Å²) in [5, 5.41) is 0. The van der Waals surface area contributed by atoms with Crippen molar-refractivity contribution in [3.8, 4) is 0 Å². The van der Waals surface area contributed by atoms with Crippen LogP contribution in [0.1, 0.15) is 19.3 Å². The van der Waals surface area contributed by atoms with Crippen LogP contribution in [-0.2, 0) is 4.79 Å². The number of fused-ring (bicyclic) bond motifs is 2. The van der Waals surface area contributed by atoms with Crippen molar-refractivity contribution in [2.24, 2.45) is 0 Å². The highest BCUT2D eigenvalue weighted by Gasteiger charge is 2.43. The van der Waals surface area contributed by atoms with Gasteiger partial charge in [0.15, 0.2) is 0 Å². The fourth-order valence-corrected chi connectivity index (χ4v) is 2.20. The fourth-order valence-electron chi connectivity index (χ4n) is 2.20. The van der Waals surface area contributed by atoms with E-state index >= 15 is 0 Å². The summed E-state index contributed by atoms with van der Waals surface area (Å²) in [6.07, 6.45) is 8.58. The number of aldehydes is 1. The molecule has 11 heavy (non-hydrogen) atoms. The van der Waals surface area contributed by atoms with E-state index in [0.717, 1.165) is 19.1 Å². The van der Waals surface area contributed by atoms with Gasteiger partial charge in [0, 0.05) is 6.04 Å². The number of carbonyl (C=O) groups is 1. The van der Waals surface area contributed by atoms with Gasteiger partial charge in [-0.2, -0.15) is 0 Å². The van der Waals surface area contributed by atoms with Crippen LogP contribution >= 0.6 is 0 Å². The second-order valence-corrected chi connectivity index (χ2v) is 3.55. The van der Waals surface area contributed by atoms with Crippen LogP contribution in [0.3, 0.4) is 0 Å². The second-order valence-electron chi connectivity index (χ2n) is 3.55. The molecule has 2 bridgehead atoms. The molecule has 0 unspecified atom stereocenters. The number of rotatable bonds is 1. The molecule has 2 nitrogen and oxygen atoms in total. The zero-order valence-corrected chi connectivity index (χ0v) is 6.79. The molecule has 2 aliphatic heterocycles. The van der Waals surface area contributed by atoms with Crippen LogP contribution in [0.5, 0.6) is 0 Å². The van der Waals surface area contributed by atoms with Crippen molar-refractivity contribution in [1.82, 2.24) is 4.90 Å². The Labute approximate surface area is 66.9 Å². The van der Waals surface area contributed by atoms with Crippen molar-refractivity contribution in [3.05, 3.63) is 12.2 Å². The van der Waals surface area contributed by atoms with E-state index in [0.29, 0.717) is 6.04 Å². The molecule has 0 spiro atoms. The third-order valence-electron chi connectivity index (χ3n) is 3.10. The molecule has 2 atom stereocenters. The smallest absolute Gasteiger partial charge is 0.144 e. The minimum Gasteiger partial charge on any atom is -0.301 e. The van der Waals surface area contributed by atoms with Crippen molar-refractivity contribution in [1.29, 1.82) is 0 Å². The molecule has 2 heterocycles. The molecule has 0 amide bonds. The Bertz CT molecular complexity index is 212. The first-order valence-corrected chi connectivity index (χ1v) is 4.15. The Hall–Kier alpha value is -0.630. The van der Waals surface area contributed by atoms with E-state index in [-0.39, 0.29) is 5.54 Å². The van der Waals surface area contributed by atoms with Gasteiger partial charge in [-0.3, -0.25) is 4.90 Å². The van der Waals surface area contributed by atoms with Gasteiger partial charge in [0.2, 0.25) is 0 Å². The lowest BCUT2D eigenvalue weighted by Gasteiger charge is -2.34. The summed E-state index contributed by atoms with van der Waals surface area (Å²) >= 11 is 0. The van der Waals surface area contributed by atoms with Crippen LogP contribution in [-0.4, -0.2) is 29.8 Å². The Balaban J connectivity index is 2.37. The number of hydrogen-bond donors (Lipinski definition) is 0. The van der Waals surface area contributed by atoms with Crippen LogP contribution in [0.15, 0.2) is 12.2 Å². The molecule has 0 saturated carbocycles. The monoisotopic (exact) mass is 151 g/mol. The summed E-state index contributed by atoms with van der Waals surface area (Å²) in [5.74, 6) is 0. The van der Waals surface area contributed by atoms with Gasteiger partial charge in [-0.15, -0.1) is 0 Å². The first-order chi connectivity index (χ1) is 5.28. The minimum atomic E-state index is -0.233. The average Bonchev–Trinajstić information content (AvgIpc) is 2.25. The zero-order chi connectivity index (χ0) is 7.90. The number of carbonyl (C=O) groups excluding carboxylic acids is 1. The molecule has 0 radical (unpaired) electrons. The maximum absolute atomic E-state index is 10.9. The maximum Gasteiger partial charge on any atom is 0.144 e. The molecule has 0 aromatic rings. The lowest BCUT2D eigenvalue weighted by molar-refractivity contribution is -0.115. The van der Waals surface area contributed by atoms with E-state index in [1.165, 1.54) is 6.42 Å². The Morgan fingerprint density at radius 3 is 3.18 bits per heavy atom. The molecule has 2 rings (SSSR count). The molecular formula is C9H13NO. The molecular weight excluding hydrogens is 138 g/mol. The van der Waals surface area contributed by atoms with E-state index in [4.69, 9.17) is 0 Å². The quantitative estimate of drug-likeness (QED) is 0.411.